The molecule has 2 aromatic rings. The van der Waals surface area contributed by atoms with Crippen molar-refractivity contribution >= 4 is 29.0 Å². The highest BCUT2D eigenvalue weighted by atomic mass is 32.2. The fraction of sp³-hybridized carbons (Fsp3) is 0.133. The second kappa shape index (κ2) is 5.21. The van der Waals surface area contributed by atoms with Gasteiger partial charge in [0.15, 0.2) is 0 Å². The third-order valence-electron chi connectivity index (χ3n) is 3.30. The maximum atomic E-state index is 12.6. The number of phenolic OH excluding ortho intramolecular Hbond substituents is 2. The minimum Gasteiger partial charge on any atom is -0.508 e. The average molecular weight is 302 g/mol. The van der Waals surface area contributed by atoms with Gasteiger partial charge in [0.1, 0.15) is 11.5 Å². The average Bonchev–Trinajstić information content (AvgIpc) is 2.46. The molecule has 1 aliphatic rings. The summed E-state index contributed by atoms with van der Waals surface area (Å²) in [6.07, 6.45) is 0. The fourth-order valence-corrected chi connectivity index (χ4v) is 3.27. The number of hydrogen-bond acceptors (Lipinski definition) is 5. The maximum absolute atomic E-state index is 12.6. The third kappa shape index (κ3) is 2.50. The molecule has 0 saturated carbocycles. The first kappa shape index (κ1) is 13.6. The van der Waals surface area contributed by atoms with Gasteiger partial charge >= 0.3 is 0 Å². The number of carbonyl (C=O) groups is 1. The summed E-state index contributed by atoms with van der Waals surface area (Å²) in [5.74, 6) is 0.160. The van der Waals surface area contributed by atoms with Crippen LogP contribution in [0.4, 0.5) is 11.4 Å². The zero-order valence-corrected chi connectivity index (χ0v) is 11.9. The molecule has 0 unspecified atom stereocenters. The van der Waals surface area contributed by atoms with Crippen molar-refractivity contribution in [3.05, 3.63) is 42.0 Å². The number of hydrogen-bond donors (Lipinski definition) is 3. The third-order valence-corrected chi connectivity index (χ3v) is 4.35. The van der Waals surface area contributed by atoms with Crippen molar-refractivity contribution in [2.45, 2.75) is 4.90 Å². The zero-order chi connectivity index (χ0) is 15.0. The van der Waals surface area contributed by atoms with E-state index in [9.17, 15) is 15.0 Å². The van der Waals surface area contributed by atoms with Crippen molar-refractivity contribution in [2.24, 2.45) is 0 Å². The molecule has 1 amide bonds. The summed E-state index contributed by atoms with van der Waals surface area (Å²) in [5, 5.41) is 19.2. The van der Waals surface area contributed by atoms with Crippen LogP contribution in [0.15, 0.2) is 41.3 Å². The Morgan fingerprint density at radius 2 is 2.00 bits per heavy atom. The summed E-state index contributed by atoms with van der Waals surface area (Å²) in [7, 11) is 0. The van der Waals surface area contributed by atoms with E-state index in [1.807, 2.05) is 6.07 Å². The number of nitrogen functional groups attached to an aromatic ring is 1. The van der Waals surface area contributed by atoms with Gasteiger partial charge in [-0.3, -0.25) is 4.79 Å². The van der Waals surface area contributed by atoms with E-state index >= 15 is 0 Å². The first-order valence-electron chi connectivity index (χ1n) is 6.42. The van der Waals surface area contributed by atoms with Crippen molar-refractivity contribution in [2.75, 3.05) is 22.9 Å². The largest absolute Gasteiger partial charge is 0.508 e. The molecule has 0 saturated heterocycles. The number of nitrogens with two attached hydrogens (primary N) is 1. The normalized spacial score (nSPS) is 13.8. The number of amides is 1. The topological polar surface area (TPSA) is 86.8 Å². The molecule has 0 aliphatic carbocycles. The van der Waals surface area contributed by atoms with E-state index in [2.05, 4.69) is 0 Å². The summed E-state index contributed by atoms with van der Waals surface area (Å²) in [4.78, 5) is 15.2. The first-order chi connectivity index (χ1) is 10.1. The molecule has 1 aliphatic heterocycles. The summed E-state index contributed by atoms with van der Waals surface area (Å²) in [5.41, 5.74) is 7.30. The standard InChI is InChI=1S/C15H14N2O3S/c16-9-1-4-14-12(7-9)17(5-6-21-14)15(20)11-3-2-10(18)8-13(11)19/h1-4,7-8,18-19H,5-6,16H2. The SMILES string of the molecule is Nc1ccc2c(c1)N(C(=O)c1ccc(O)cc1O)CCS2. The van der Waals surface area contributed by atoms with Gasteiger partial charge in [0.2, 0.25) is 0 Å². The minimum atomic E-state index is -0.306. The monoisotopic (exact) mass is 302 g/mol. The van der Waals surface area contributed by atoms with Crippen LogP contribution in [0.1, 0.15) is 10.4 Å². The molecular formula is C15H14N2O3S. The van der Waals surface area contributed by atoms with Gasteiger partial charge in [0.05, 0.1) is 11.3 Å². The summed E-state index contributed by atoms with van der Waals surface area (Å²) < 4.78 is 0. The Morgan fingerprint density at radius 3 is 2.76 bits per heavy atom. The lowest BCUT2D eigenvalue weighted by atomic mass is 10.1. The van der Waals surface area contributed by atoms with Crippen LogP contribution in [0.5, 0.6) is 11.5 Å². The van der Waals surface area contributed by atoms with Gasteiger partial charge in [0.25, 0.3) is 5.91 Å². The Labute approximate surface area is 126 Å². The number of nitrogens with zero attached hydrogens (tertiary/aromatic N) is 1. The van der Waals surface area contributed by atoms with Gasteiger partial charge < -0.3 is 20.8 Å². The van der Waals surface area contributed by atoms with Gasteiger partial charge in [-0.25, -0.2) is 0 Å². The molecule has 2 aromatic carbocycles. The zero-order valence-electron chi connectivity index (χ0n) is 11.1. The number of rotatable bonds is 1. The molecule has 0 radical (unpaired) electrons. The van der Waals surface area contributed by atoms with Gasteiger partial charge in [-0.2, -0.15) is 0 Å². The van der Waals surface area contributed by atoms with E-state index in [4.69, 9.17) is 5.73 Å². The van der Waals surface area contributed by atoms with Crippen molar-refractivity contribution in [1.29, 1.82) is 0 Å². The van der Waals surface area contributed by atoms with E-state index in [1.54, 1.807) is 28.8 Å². The fourth-order valence-electron chi connectivity index (χ4n) is 2.29. The van der Waals surface area contributed by atoms with E-state index in [0.29, 0.717) is 12.2 Å². The molecule has 3 rings (SSSR count). The number of carbonyl (C=O) groups excluding carboxylic acids is 1. The van der Waals surface area contributed by atoms with Crippen LogP contribution in [0.3, 0.4) is 0 Å². The van der Waals surface area contributed by atoms with Crippen LogP contribution >= 0.6 is 11.8 Å². The van der Waals surface area contributed by atoms with Gasteiger partial charge in [-0.1, -0.05) is 0 Å². The van der Waals surface area contributed by atoms with Crippen molar-refractivity contribution in [3.63, 3.8) is 0 Å². The predicted octanol–water partition coefficient (Wildman–Crippen LogP) is 2.43. The number of anilines is 2. The van der Waals surface area contributed by atoms with E-state index in [1.165, 1.54) is 12.1 Å². The molecule has 108 valence electrons. The van der Waals surface area contributed by atoms with Crippen molar-refractivity contribution in [3.8, 4) is 11.5 Å². The molecule has 21 heavy (non-hydrogen) atoms. The van der Waals surface area contributed by atoms with Crippen LogP contribution in [0, 0.1) is 0 Å². The van der Waals surface area contributed by atoms with Crippen molar-refractivity contribution < 1.29 is 15.0 Å². The molecule has 4 N–H and O–H groups in total. The van der Waals surface area contributed by atoms with Gasteiger partial charge in [0, 0.05) is 28.9 Å². The highest BCUT2D eigenvalue weighted by molar-refractivity contribution is 7.99. The van der Waals surface area contributed by atoms with E-state index in [0.717, 1.165) is 22.4 Å². The minimum absolute atomic E-state index is 0.0807. The second-order valence-electron chi connectivity index (χ2n) is 4.73. The molecule has 0 fully saturated rings. The highest BCUT2D eigenvalue weighted by Crippen LogP contribution is 2.37. The molecule has 0 spiro atoms. The van der Waals surface area contributed by atoms with Crippen molar-refractivity contribution in [1.82, 2.24) is 0 Å². The summed E-state index contributed by atoms with van der Waals surface area (Å²) in [6.45, 7) is 0.542. The molecule has 0 aromatic heterocycles. The Morgan fingerprint density at radius 1 is 1.19 bits per heavy atom. The smallest absolute Gasteiger partial charge is 0.262 e. The highest BCUT2D eigenvalue weighted by Gasteiger charge is 2.26. The molecular weight excluding hydrogens is 288 g/mol. The Bertz CT molecular complexity index is 718. The first-order valence-corrected chi connectivity index (χ1v) is 7.41. The molecule has 5 nitrogen and oxygen atoms in total. The lowest BCUT2D eigenvalue weighted by Gasteiger charge is -2.29. The molecule has 6 heteroatoms. The lowest BCUT2D eigenvalue weighted by Crippen LogP contribution is -2.35. The Hall–Kier alpha value is -2.34. The summed E-state index contributed by atoms with van der Waals surface area (Å²) in [6, 6.07) is 9.42. The molecule has 1 heterocycles. The van der Waals surface area contributed by atoms with Crippen LogP contribution in [-0.4, -0.2) is 28.4 Å². The predicted molar refractivity (Wildman–Crippen MR) is 83.0 cm³/mol. The van der Waals surface area contributed by atoms with Gasteiger partial charge in [-0.05, 0) is 30.3 Å². The Kier molecular flexibility index (Phi) is 3.39. The van der Waals surface area contributed by atoms with Crippen LogP contribution < -0.4 is 10.6 Å². The number of aromatic hydroxyl groups is 2. The lowest BCUT2D eigenvalue weighted by molar-refractivity contribution is 0.0985. The summed E-state index contributed by atoms with van der Waals surface area (Å²) >= 11 is 1.67. The van der Waals surface area contributed by atoms with Crippen LogP contribution in [-0.2, 0) is 0 Å². The second-order valence-corrected chi connectivity index (χ2v) is 5.87. The van der Waals surface area contributed by atoms with Gasteiger partial charge in [-0.15, -0.1) is 11.8 Å². The van der Waals surface area contributed by atoms with E-state index < -0.39 is 0 Å². The molecule has 0 atom stereocenters. The molecule has 0 bridgehead atoms. The number of phenols is 2. The Balaban J connectivity index is 2.02. The quantitative estimate of drug-likeness (QED) is 0.704. The number of benzene rings is 2. The van der Waals surface area contributed by atoms with E-state index in [-0.39, 0.29) is 23.0 Å². The number of thioether (sulfide) groups is 1. The van der Waals surface area contributed by atoms with Crippen LogP contribution in [0.2, 0.25) is 0 Å². The maximum Gasteiger partial charge on any atom is 0.262 e. The number of fused-ring (bicyclic) bond motifs is 1. The van der Waals surface area contributed by atoms with Crippen LogP contribution in [0.25, 0.3) is 0 Å².